The average Bonchev–Trinajstić information content (AvgIpc) is 2.43. The molecule has 0 saturated heterocycles. The molecule has 0 aliphatic rings. The lowest BCUT2D eigenvalue weighted by molar-refractivity contribution is 0.0785. The third-order valence-corrected chi connectivity index (χ3v) is 3.37. The van der Waals surface area contributed by atoms with Gasteiger partial charge in [-0.3, -0.25) is 4.79 Å². The molecule has 5 heteroatoms. The average molecular weight is 340 g/mol. The highest BCUT2D eigenvalue weighted by atomic mass is 79.9. The topological polar surface area (TPSA) is 20.3 Å². The molecule has 0 N–H and O–H groups in total. The molecule has 0 fully saturated rings. The first-order valence-electron chi connectivity index (χ1n) is 5.92. The molecule has 2 rings (SSSR count). The molecule has 0 aliphatic heterocycles. The second kappa shape index (κ2) is 6.13. The van der Waals surface area contributed by atoms with Crippen LogP contribution in [0.15, 0.2) is 46.9 Å². The molecule has 0 aliphatic carbocycles. The van der Waals surface area contributed by atoms with Crippen molar-refractivity contribution in [3.05, 3.63) is 69.7 Å². The van der Waals surface area contributed by atoms with E-state index in [9.17, 15) is 13.6 Å². The van der Waals surface area contributed by atoms with E-state index in [0.29, 0.717) is 11.1 Å². The van der Waals surface area contributed by atoms with E-state index in [-0.39, 0.29) is 12.5 Å². The van der Waals surface area contributed by atoms with Crippen LogP contribution in [0.5, 0.6) is 0 Å². The summed E-state index contributed by atoms with van der Waals surface area (Å²) < 4.78 is 26.8. The fourth-order valence-corrected chi connectivity index (χ4v) is 2.06. The van der Waals surface area contributed by atoms with E-state index in [0.717, 1.165) is 16.6 Å². The molecule has 0 atom stereocenters. The first kappa shape index (κ1) is 14.7. The van der Waals surface area contributed by atoms with E-state index >= 15 is 0 Å². The van der Waals surface area contributed by atoms with Crippen molar-refractivity contribution in [2.45, 2.75) is 6.54 Å². The number of nitrogens with zero attached hydrogens (tertiary/aromatic N) is 1. The number of carbonyl (C=O) groups excluding carboxylic acids is 1. The molecule has 0 bridgehead atoms. The quantitative estimate of drug-likeness (QED) is 0.827. The van der Waals surface area contributed by atoms with Crippen LogP contribution in [0.25, 0.3) is 0 Å². The van der Waals surface area contributed by atoms with E-state index in [1.807, 2.05) is 0 Å². The van der Waals surface area contributed by atoms with Crippen LogP contribution in [-0.2, 0) is 6.54 Å². The lowest BCUT2D eigenvalue weighted by Gasteiger charge is -2.17. The van der Waals surface area contributed by atoms with Crippen LogP contribution in [0.3, 0.4) is 0 Å². The molecule has 0 saturated carbocycles. The lowest BCUT2D eigenvalue weighted by atomic mass is 10.1. The molecule has 2 aromatic rings. The summed E-state index contributed by atoms with van der Waals surface area (Å²) >= 11 is 3.30. The largest absolute Gasteiger partial charge is 0.337 e. The second-order valence-corrected chi connectivity index (χ2v) is 5.33. The highest BCUT2D eigenvalue weighted by Gasteiger charge is 2.12. The Morgan fingerprint density at radius 2 is 1.75 bits per heavy atom. The molecule has 2 aromatic carbocycles. The molecule has 0 aromatic heterocycles. The summed E-state index contributed by atoms with van der Waals surface area (Å²) in [6.45, 7) is 0.214. The Labute approximate surface area is 124 Å². The summed E-state index contributed by atoms with van der Waals surface area (Å²) in [7, 11) is 1.62. The van der Waals surface area contributed by atoms with Gasteiger partial charge in [0.15, 0.2) is 11.6 Å². The minimum Gasteiger partial charge on any atom is -0.337 e. The van der Waals surface area contributed by atoms with Crippen molar-refractivity contribution in [3.63, 3.8) is 0 Å². The third kappa shape index (κ3) is 3.42. The molecule has 0 radical (unpaired) electrons. The van der Waals surface area contributed by atoms with Crippen molar-refractivity contribution < 1.29 is 13.6 Å². The Balaban J connectivity index is 2.11. The summed E-state index contributed by atoms with van der Waals surface area (Å²) in [5.41, 5.74) is 1.08. The van der Waals surface area contributed by atoms with Gasteiger partial charge in [-0.2, -0.15) is 0 Å². The van der Waals surface area contributed by atoms with Crippen molar-refractivity contribution in [2.24, 2.45) is 0 Å². The van der Waals surface area contributed by atoms with Gasteiger partial charge in [-0.1, -0.05) is 22.0 Å². The Morgan fingerprint density at radius 3 is 2.35 bits per heavy atom. The van der Waals surface area contributed by atoms with Gasteiger partial charge in [0.25, 0.3) is 5.91 Å². The summed E-state index contributed by atoms with van der Waals surface area (Å²) in [5.74, 6) is -1.98. The molecular weight excluding hydrogens is 328 g/mol. The van der Waals surface area contributed by atoms with Gasteiger partial charge in [0.2, 0.25) is 0 Å². The van der Waals surface area contributed by atoms with Crippen molar-refractivity contribution in [3.8, 4) is 0 Å². The zero-order chi connectivity index (χ0) is 14.7. The van der Waals surface area contributed by atoms with Crippen LogP contribution in [0.1, 0.15) is 15.9 Å². The number of hydrogen-bond acceptors (Lipinski definition) is 1. The second-order valence-electron chi connectivity index (χ2n) is 4.42. The highest BCUT2D eigenvalue weighted by molar-refractivity contribution is 9.10. The standard InChI is InChI=1S/C15H12BrF2NO/c1-19(9-10-2-7-13(17)14(18)8-10)15(20)11-3-5-12(16)6-4-11/h2-8H,9H2,1H3. The van der Waals surface area contributed by atoms with Crippen LogP contribution in [0.4, 0.5) is 8.78 Å². The van der Waals surface area contributed by atoms with Gasteiger partial charge in [-0.25, -0.2) is 8.78 Å². The van der Waals surface area contributed by atoms with Gasteiger partial charge in [-0.05, 0) is 42.0 Å². The summed E-state index contributed by atoms with van der Waals surface area (Å²) in [6, 6.07) is 10.6. The van der Waals surface area contributed by atoms with Crippen LogP contribution < -0.4 is 0 Å². The monoisotopic (exact) mass is 339 g/mol. The highest BCUT2D eigenvalue weighted by Crippen LogP contribution is 2.14. The Morgan fingerprint density at radius 1 is 1.10 bits per heavy atom. The predicted molar refractivity (Wildman–Crippen MR) is 76.3 cm³/mol. The van der Waals surface area contributed by atoms with Crippen LogP contribution in [-0.4, -0.2) is 17.9 Å². The number of amides is 1. The molecule has 2 nitrogen and oxygen atoms in total. The third-order valence-electron chi connectivity index (χ3n) is 2.84. The number of hydrogen-bond donors (Lipinski definition) is 0. The van der Waals surface area contributed by atoms with E-state index in [4.69, 9.17) is 0 Å². The summed E-state index contributed by atoms with van der Waals surface area (Å²) in [5, 5.41) is 0. The first-order chi connectivity index (χ1) is 9.47. The van der Waals surface area contributed by atoms with Crippen molar-refractivity contribution in [2.75, 3.05) is 7.05 Å². The number of benzene rings is 2. The van der Waals surface area contributed by atoms with Gasteiger partial charge in [-0.15, -0.1) is 0 Å². The van der Waals surface area contributed by atoms with Gasteiger partial charge >= 0.3 is 0 Å². The molecule has 104 valence electrons. The van der Waals surface area contributed by atoms with E-state index < -0.39 is 11.6 Å². The van der Waals surface area contributed by atoms with Crippen LogP contribution in [0, 0.1) is 11.6 Å². The molecule has 0 unspecified atom stereocenters. The molecule has 20 heavy (non-hydrogen) atoms. The Bertz CT molecular complexity index is 628. The summed E-state index contributed by atoms with van der Waals surface area (Å²) in [6.07, 6.45) is 0. The number of halogens is 3. The van der Waals surface area contributed by atoms with E-state index in [2.05, 4.69) is 15.9 Å². The van der Waals surface area contributed by atoms with Gasteiger partial charge in [0, 0.05) is 23.6 Å². The van der Waals surface area contributed by atoms with Crippen LogP contribution >= 0.6 is 15.9 Å². The van der Waals surface area contributed by atoms with E-state index in [1.165, 1.54) is 11.0 Å². The van der Waals surface area contributed by atoms with Gasteiger partial charge in [0.05, 0.1) is 0 Å². The fourth-order valence-electron chi connectivity index (χ4n) is 1.80. The maximum atomic E-state index is 13.1. The maximum absolute atomic E-state index is 13.1. The number of carbonyl (C=O) groups is 1. The van der Waals surface area contributed by atoms with Crippen molar-refractivity contribution in [1.29, 1.82) is 0 Å². The molecule has 0 heterocycles. The smallest absolute Gasteiger partial charge is 0.253 e. The van der Waals surface area contributed by atoms with Gasteiger partial charge < -0.3 is 4.90 Å². The molecule has 0 spiro atoms. The fraction of sp³-hybridized carbons (Fsp3) is 0.133. The lowest BCUT2D eigenvalue weighted by Crippen LogP contribution is -2.26. The zero-order valence-electron chi connectivity index (χ0n) is 10.7. The summed E-state index contributed by atoms with van der Waals surface area (Å²) in [4.78, 5) is 13.6. The van der Waals surface area contributed by atoms with E-state index in [1.54, 1.807) is 31.3 Å². The first-order valence-corrected chi connectivity index (χ1v) is 6.71. The normalized spacial score (nSPS) is 10.4. The van der Waals surface area contributed by atoms with Crippen molar-refractivity contribution >= 4 is 21.8 Å². The predicted octanol–water partition coefficient (Wildman–Crippen LogP) is 4.00. The SMILES string of the molecule is CN(Cc1ccc(F)c(F)c1)C(=O)c1ccc(Br)cc1. The van der Waals surface area contributed by atoms with Crippen LogP contribution in [0.2, 0.25) is 0 Å². The van der Waals surface area contributed by atoms with Crippen molar-refractivity contribution in [1.82, 2.24) is 4.90 Å². The zero-order valence-corrected chi connectivity index (χ0v) is 12.3. The minimum absolute atomic E-state index is 0.178. The maximum Gasteiger partial charge on any atom is 0.253 e. The minimum atomic E-state index is -0.910. The number of rotatable bonds is 3. The van der Waals surface area contributed by atoms with Gasteiger partial charge in [0.1, 0.15) is 0 Å². The Kier molecular flexibility index (Phi) is 4.49. The molecule has 1 amide bonds. The molecular formula is C15H12BrF2NO. The Hall–Kier alpha value is -1.75.